The molecule has 5 heteroatoms. The summed E-state index contributed by atoms with van der Waals surface area (Å²) in [5.74, 6) is 0. The van der Waals surface area contributed by atoms with E-state index in [1.165, 1.54) is 0 Å². The van der Waals surface area contributed by atoms with Crippen LogP contribution in [0.25, 0.3) is 111 Å². The standard InChI is InChI=1S/C105H79BN4/c1-103(2,3)73-60-84(68-34-12-7-13-35-68)101(85(61-73)69-36-14-8-15-37-69)109-96-66-76(107-92-52-30-24-46-80(92)81-47-25-31-53-93(81)107)56-58-90(96)106-91-59-57-77(108-94-54-32-26-48-82(94)83-49-27-33-55-95(83)108)67-97(91)110(102-86(70-38-16-9-17-39-70)62-74(104(4,5)6)63-87(102)71-40-18-10-19-41-71)99-65-75(64-98(109)100(99)106)105(72-42-20-11-21-43-72)88-50-28-22-44-78(88)79-45-23-29-51-89(79)105/h7-67H,1-6H3/i24D,25D,26D,27D,30D,31D,32D,33D,46D,47D,48D,49D,52D,53D,54D,55D. The Hall–Kier alpha value is -13.2. The van der Waals surface area contributed by atoms with Crippen molar-refractivity contribution < 1.29 is 21.9 Å². The van der Waals surface area contributed by atoms with Gasteiger partial charge in [-0.1, -0.05) is 326 Å². The smallest absolute Gasteiger partial charge is 0.252 e. The lowest BCUT2D eigenvalue weighted by atomic mass is 9.33. The number of para-hydroxylation sites is 4. The SMILES string of the molecule is [2H]c1c([2H])c([2H])c2c(c1[2H])c1c([2H])c([2H])c([2H])c([2H])c1n2-c1ccc2c(c1)N(c1c(-c3ccccc3)cc(C(C)(C)C)cc1-c1ccccc1)c1cc(C3(c4ccccc4)c4ccccc4-c4ccccc43)cc3c1B2c1ccc(-n2c4c([2H])c([2H])c([2H])c([2H])c4c4c([2H])c([2H])c([2H])c([2H])c42)cc1N3c1c(-c2ccccc2)cc(C(C)(C)C)cc1-c1ccccc1. The molecule has 1 aliphatic carbocycles. The van der Waals surface area contributed by atoms with Gasteiger partial charge in [0.15, 0.2) is 0 Å². The fraction of sp³-hybridized carbons (Fsp3) is 0.0857. The lowest BCUT2D eigenvalue weighted by Gasteiger charge is -2.47. The minimum absolute atomic E-state index is 0.0602. The van der Waals surface area contributed by atoms with Crippen LogP contribution in [0.5, 0.6) is 0 Å². The molecule has 0 saturated carbocycles. The molecule has 18 aromatic rings. The highest BCUT2D eigenvalue weighted by Gasteiger charge is 2.51. The van der Waals surface area contributed by atoms with E-state index in [1.54, 1.807) is 9.13 Å². The fourth-order valence-electron chi connectivity index (χ4n) is 18.0. The van der Waals surface area contributed by atoms with E-state index in [0.717, 1.165) is 117 Å². The zero-order chi connectivity index (χ0) is 87.7. The maximum atomic E-state index is 10.0. The molecule has 21 rings (SSSR count). The molecule has 0 spiro atoms. The third-order valence-corrected chi connectivity index (χ3v) is 23.0. The molecule has 2 aliphatic heterocycles. The van der Waals surface area contributed by atoms with Crippen molar-refractivity contribution in [2.75, 3.05) is 9.80 Å². The molecule has 0 amide bonds. The Labute approximate surface area is 666 Å². The molecule has 522 valence electrons. The molecule has 4 heterocycles. The van der Waals surface area contributed by atoms with Crippen LogP contribution in [0.3, 0.4) is 0 Å². The summed E-state index contributed by atoms with van der Waals surface area (Å²) in [6, 6.07) is 86.8. The van der Waals surface area contributed by atoms with Crippen LogP contribution in [0.2, 0.25) is 0 Å². The van der Waals surface area contributed by atoms with E-state index in [4.69, 9.17) is 0 Å². The van der Waals surface area contributed by atoms with E-state index in [-0.39, 0.29) is 43.6 Å². The Morgan fingerprint density at radius 3 is 0.936 bits per heavy atom. The summed E-state index contributed by atoms with van der Waals surface area (Å²) in [5.41, 5.74) is 19.4. The largest absolute Gasteiger partial charge is 0.310 e. The highest BCUT2D eigenvalue weighted by molar-refractivity contribution is 7.00. The lowest BCUT2D eigenvalue weighted by Crippen LogP contribution is -2.61. The van der Waals surface area contributed by atoms with E-state index in [9.17, 15) is 21.9 Å². The van der Waals surface area contributed by atoms with Crippen molar-refractivity contribution in [1.82, 2.24) is 9.13 Å². The van der Waals surface area contributed by atoms with Crippen LogP contribution in [0.15, 0.2) is 370 Å². The summed E-state index contributed by atoms with van der Waals surface area (Å²) in [4.78, 5) is 4.77. The quantitative estimate of drug-likeness (QED) is 0.127. The minimum Gasteiger partial charge on any atom is -0.310 e. The van der Waals surface area contributed by atoms with Gasteiger partial charge >= 0.3 is 0 Å². The number of anilines is 6. The van der Waals surface area contributed by atoms with Gasteiger partial charge in [-0.2, -0.15) is 0 Å². The van der Waals surface area contributed by atoms with Crippen LogP contribution >= 0.6 is 0 Å². The summed E-state index contributed by atoms with van der Waals surface area (Å²) < 4.78 is 157. The van der Waals surface area contributed by atoms with Crippen molar-refractivity contribution in [1.29, 1.82) is 0 Å². The first kappa shape index (κ1) is 50.4. The van der Waals surface area contributed by atoms with E-state index < -0.39 is 120 Å². The van der Waals surface area contributed by atoms with Gasteiger partial charge in [-0.3, -0.25) is 0 Å². The average Bonchev–Trinajstić information content (AvgIpc) is 1.65. The molecule has 3 aliphatic rings. The van der Waals surface area contributed by atoms with Crippen molar-refractivity contribution in [3.8, 4) is 67.0 Å². The summed E-state index contributed by atoms with van der Waals surface area (Å²) >= 11 is 0. The number of rotatable bonds is 10. The van der Waals surface area contributed by atoms with Crippen molar-refractivity contribution in [3.63, 3.8) is 0 Å². The van der Waals surface area contributed by atoms with E-state index >= 15 is 0 Å². The Morgan fingerprint density at radius 2 is 0.600 bits per heavy atom. The van der Waals surface area contributed by atoms with Crippen LogP contribution < -0.4 is 26.2 Å². The van der Waals surface area contributed by atoms with Gasteiger partial charge in [-0.15, -0.1) is 0 Å². The highest BCUT2D eigenvalue weighted by Crippen LogP contribution is 2.61. The number of benzene rings is 16. The summed E-state index contributed by atoms with van der Waals surface area (Å²) in [6.07, 6.45) is 0. The van der Waals surface area contributed by atoms with Crippen LogP contribution in [0, 0.1) is 0 Å². The second-order valence-electron chi connectivity index (χ2n) is 31.1. The number of aromatic nitrogens is 2. The molecule has 0 saturated heterocycles. The maximum Gasteiger partial charge on any atom is 0.252 e. The highest BCUT2D eigenvalue weighted by atomic mass is 15.2. The van der Waals surface area contributed by atoms with Crippen LogP contribution in [0.4, 0.5) is 34.1 Å². The summed E-state index contributed by atoms with van der Waals surface area (Å²) in [7, 11) is 0. The van der Waals surface area contributed by atoms with E-state index in [2.05, 4.69) is 209 Å². The second kappa shape index (κ2) is 24.9. The van der Waals surface area contributed by atoms with Crippen molar-refractivity contribution in [3.05, 3.63) is 403 Å². The maximum absolute atomic E-state index is 10.0. The molecular formula is C105H79BN4. The molecule has 0 radical (unpaired) electrons. The average molecular weight is 1420 g/mol. The van der Waals surface area contributed by atoms with Gasteiger partial charge < -0.3 is 18.9 Å². The van der Waals surface area contributed by atoms with Crippen molar-refractivity contribution in [2.45, 2.75) is 57.8 Å². The lowest BCUT2D eigenvalue weighted by molar-refractivity contribution is 0.590. The molecule has 0 bridgehead atoms. The molecule has 0 N–H and O–H groups in total. The molecule has 16 aromatic carbocycles. The first-order chi connectivity index (χ1) is 60.5. The van der Waals surface area contributed by atoms with Gasteiger partial charge in [-0.25, -0.2) is 0 Å². The monoisotopic (exact) mass is 1420 g/mol. The third-order valence-electron chi connectivity index (χ3n) is 23.0. The predicted octanol–water partition coefficient (Wildman–Crippen LogP) is 25.6. The van der Waals surface area contributed by atoms with Gasteiger partial charge in [0.25, 0.3) is 6.71 Å². The molecule has 4 nitrogen and oxygen atoms in total. The van der Waals surface area contributed by atoms with Crippen molar-refractivity contribution in [2.24, 2.45) is 0 Å². The first-order valence-electron chi connectivity index (χ1n) is 45.4. The van der Waals surface area contributed by atoms with E-state index in [1.807, 2.05) is 115 Å². The molecule has 2 aromatic heterocycles. The number of hydrogen-bond acceptors (Lipinski definition) is 2. The summed E-state index contributed by atoms with van der Waals surface area (Å²) in [6.45, 7) is 12.4. The topological polar surface area (TPSA) is 16.3 Å². The zero-order valence-corrected chi connectivity index (χ0v) is 61.3. The predicted molar refractivity (Wildman–Crippen MR) is 466 cm³/mol. The molecule has 0 atom stereocenters. The Kier molecular flexibility index (Phi) is 11.4. The number of fused-ring (bicyclic) bond motifs is 13. The van der Waals surface area contributed by atoms with Gasteiger partial charge in [0.2, 0.25) is 0 Å². The number of nitrogens with zero attached hydrogens (tertiary/aromatic N) is 4. The number of hydrogen-bond donors (Lipinski definition) is 0. The van der Waals surface area contributed by atoms with Crippen molar-refractivity contribution >= 4 is 101 Å². The van der Waals surface area contributed by atoms with Crippen LogP contribution in [-0.2, 0) is 16.2 Å². The van der Waals surface area contributed by atoms with Gasteiger partial charge in [0, 0.05) is 77.9 Å². The van der Waals surface area contributed by atoms with Crippen LogP contribution in [0.1, 0.15) is 96.9 Å². The first-order valence-corrected chi connectivity index (χ1v) is 37.4. The normalized spacial score (nSPS) is 15.4. The minimum atomic E-state index is -1.18. The summed E-state index contributed by atoms with van der Waals surface area (Å²) in [5, 5.41) is -0.323. The molecule has 0 fully saturated rings. The zero-order valence-electron chi connectivity index (χ0n) is 77.3. The Morgan fingerprint density at radius 1 is 0.291 bits per heavy atom. The fourth-order valence-corrected chi connectivity index (χ4v) is 18.0. The molecule has 0 unspecified atom stereocenters. The van der Waals surface area contributed by atoms with Gasteiger partial charge in [0.1, 0.15) is 0 Å². The van der Waals surface area contributed by atoms with E-state index in [0.29, 0.717) is 34.1 Å². The molecule has 110 heavy (non-hydrogen) atoms. The second-order valence-corrected chi connectivity index (χ2v) is 31.1. The van der Waals surface area contributed by atoms with Gasteiger partial charge in [0.05, 0.1) is 60.8 Å². The Bertz CT molecular complexity index is 7050. The van der Waals surface area contributed by atoms with Gasteiger partial charge in [-0.05, 0) is 179 Å². The third kappa shape index (κ3) is 9.86. The van der Waals surface area contributed by atoms with Crippen LogP contribution in [-0.4, -0.2) is 15.8 Å². The Balaban J connectivity index is 1.03. The molecular weight excluding hydrogens is 1330 g/mol.